The zero-order valence-electron chi connectivity index (χ0n) is 10.8. The van der Waals surface area contributed by atoms with E-state index in [2.05, 4.69) is 29.4 Å². The maximum absolute atomic E-state index is 5.53. The number of anilines is 1. The lowest BCUT2D eigenvalue weighted by molar-refractivity contribution is 0.340. The molecule has 0 aromatic carbocycles. The molecule has 0 amide bonds. The first kappa shape index (κ1) is 12.9. The van der Waals surface area contributed by atoms with Crippen LogP contribution in [0.1, 0.15) is 23.6 Å². The molecule has 0 saturated carbocycles. The van der Waals surface area contributed by atoms with E-state index in [4.69, 9.17) is 4.74 Å². The molecule has 0 saturated heterocycles. The number of nitrogens with zero attached hydrogens (tertiary/aromatic N) is 1. The van der Waals surface area contributed by atoms with Crippen molar-refractivity contribution >= 4 is 17.2 Å². The molecule has 2 rings (SSSR count). The Kier molecular flexibility index (Phi) is 4.59. The Bertz CT molecular complexity index is 496. The highest BCUT2D eigenvalue weighted by Gasteiger charge is 2.04. The molecule has 0 radical (unpaired) electrons. The number of hydrogen-bond donors (Lipinski definition) is 1. The standard InChI is InChI=1S/C14H18N2OS/c1-3-11-7-8-12(18-11)10-16-14-13(17-4-2)6-5-9-15-14/h5-9H,3-4,10H2,1-2H3,(H,15,16). The average Bonchev–Trinajstić information content (AvgIpc) is 2.86. The van der Waals surface area contributed by atoms with Gasteiger partial charge >= 0.3 is 0 Å². The third-order valence-electron chi connectivity index (χ3n) is 2.57. The van der Waals surface area contributed by atoms with E-state index >= 15 is 0 Å². The molecule has 0 aliphatic rings. The summed E-state index contributed by atoms with van der Waals surface area (Å²) >= 11 is 1.84. The summed E-state index contributed by atoms with van der Waals surface area (Å²) in [5.74, 6) is 1.62. The number of ether oxygens (including phenoxy) is 1. The van der Waals surface area contributed by atoms with Crippen LogP contribution in [0.15, 0.2) is 30.5 Å². The molecule has 4 heteroatoms. The molecule has 2 aromatic heterocycles. The van der Waals surface area contributed by atoms with Crippen molar-refractivity contribution in [2.75, 3.05) is 11.9 Å². The molecule has 0 bridgehead atoms. The third kappa shape index (κ3) is 3.23. The summed E-state index contributed by atoms with van der Waals surface area (Å²) in [6.07, 6.45) is 2.87. The number of thiophene rings is 1. The monoisotopic (exact) mass is 262 g/mol. The molecule has 3 nitrogen and oxygen atoms in total. The second-order valence-corrected chi connectivity index (χ2v) is 5.11. The van der Waals surface area contributed by atoms with E-state index in [9.17, 15) is 0 Å². The van der Waals surface area contributed by atoms with Crippen LogP contribution >= 0.6 is 11.3 Å². The van der Waals surface area contributed by atoms with Gasteiger partial charge < -0.3 is 10.1 Å². The minimum absolute atomic E-state index is 0.652. The highest BCUT2D eigenvalue weighted by atomic mass is 32.1. The summed E-state index contributed by atoms with van der Waals surface area (Å²) in [5, 5.41) is 3.33. The quantitative estimate of drug-likeness (QED) is 0.861. The Morgan fingerprint density at radius 3 is 2.78 bits per heavy atom. The van der Waals surface area contributed by atoms with Crippen molar-refractivity contribution in [1.29, 1.82) is 0 Å². The summed E-state index contributed by atoms with van der Waals surface area (Å²) in [5.41, 5.74) is 0. The van der Waals surface area contributed by atoms with Crippen LogP contribution in [0.3, 0.4) is 0 Å². The summed E-state index contributed by atoms with van der Waals surface area (Å²) in [6, 6.07) is 8.17. The lowest BCUT2D eigenvalue weighted by atomic mass is 10.3. The number of rotatable bonds is 6. The molecule has 96 valence electrons. The van der Waals surface area contributed by atoms with E-state index in [0.29, 0.717) is 6.61 Å². The van der Waals surface area contributed by atoms with Crippen molar-refractivity contribution in [3.63, 3.8) is 0 Å². The van der Waals surface area contributed by atoms with E-state index in [1.807, 2.05) is 30.4 Å². The van der Waals surface area contributed by atoms with Gasteiger partial charge in [0.25, 0.3) is 0 Å². The van der Waals surface area contributed by atoms with Gasteiger partial charge in [0.05, 0.1) is 13.2 Å². The summed E-state index contributed by atoms with van der Waals surface area (Å²) in [6.45, 7) is 5.60. The van der Waals surface area contributed by atoms with Gasteiger partial charge in [0.1, 0.15) is 0 Å². The van der Waals surface area contributed by atoms with Crippen LogP contribution in [0.2, 0.25) is 0 Å². The van der Waals surface area contributed by atoms with Crippen LogP contribution in [0, 0.1) is 0 Å². The fourth-order valence-electron chi connectivity index (χ4n) is 1.67. The van der Waals surface area contributed by atoms with Gasteiger partial charge in [0, 0.05) is 16.0 Å². The number of aromatic nitrogens is 1. The van der Waals surface area contributed by atoms with Crippen molar-refractivity contribution in [1.82, 2.24) is 4.98 Å². The molecule has 0 spiro atoms. The highest BCUT2D eigenvalue weighted by Crippen LogP contribution is 2.23. The van der Waals surface area contributed by atoms with Crippen molar-refractivity contribution < 1.29 is 4.74 Å². The zero-order valence-corrected chi connectivity index (χ0v) is 11.6. The van der Waals surface area contributed by atoms with Crippen LogP contribution in [0.4, 0.5) is 5.82 Å². The molecular weight excluding hydrogens is 244 g/mol. The van der Waals surface area contributed by atoms with Gasteiger partial charge in [-0.1, -0.05) is 6.92 Å². The van der Waals surface area contributed by atoms with Crippen molar-refractivity contribution in [3.8, 4) is 5.75 Å². The van der Waals surface area contributed by atoms with Crippen LogP contribution in [0.25, 0.3) is 0 Å². The lowest BCUT2D eigenvalue weighted by Gasteiger charge is -2.09. The first-order valence-corrected chi connectivity index (χ1v) is 7.04. The van der Waals surface area contributed by atoms with Crippen molar-refractivity contribution in [2.45, 2.75) is 26.8 Å². The van der Waals surface area contributed by atoms with Gasteiger partial charge in [-0.25, -0.2) is 4.98 Å². The summed E-state index contributed by atoms with van der Waals surface area (Å²) in [7, 11) is 0. The minimum atomic E-state index is 0.652. The van der Waals surface area contributed by atoms with E-state index in [-0.39, 0.29) is 0 Å². The Morgan fingerprint density at radius 2 is 2.06 bits per heavy atom. The molecule has 18 heavy (non-hydrogen) atoms. The first-order chi connectivity index (χ1) is 8.83. The van der Waals surface area contributed by atoms with Gasteiger partial charge in [0.2, 0.25) is 0 Å². The van der Waals surface area contributed by atoms with E-state index in [1.165, 1.54) is 9.75 Å². The van der Waals surface area contributed by atoms with E-state index in [0.717, 1.165) is 24.5 Å². The smallest absolute Gasteiger partial charge is 0.169 e. The normalized spacial score (nSPS) is 10.3. The largest absolute Gasteiger partial charge is 0.490 e. The number of hydrogen-bond acceptors (Lipinski definition) is 4. The van der Waals surface area contributed by atoms with Crippen LogP contribution in [-0.2, 0) is 13.0 Å². The van der Waals surface area contributed by atoms with Gasteiger partial charge in [-0.2, -0.15) is 0 Å². The Balaban J connectivity index is 2.01. The molecule has 2 aromatic rings. The topological polar surface area (TPSA) is 34.1 Å². The number of nitrogens with one attached hydrogen (secondary N) is 1. The lowest BCUT2D eigenvalue weighted by Crippen LogP contribution is -2.03. The van der Waals surface area contributed by atoms with Crippen LogP contribution in [-0.4, -0.2) is 11.6 Å². The van der Waals surface area contributed by atoms with Gasteiger partial charge in [-0.3, -0.25) is 0 Å². The van der Waals surface area contributed by atoms with Gasteiger partial charge in [-0.15, -0.1) is 11.3 Å². The molecule has 2 heterocycles. The number of pyridine rings is 1. The van der Waals surface area contributed by atoms with E-state index < -0.39 is 0 Å². The Hall–Kier alpha value is -1.55. The molecule has 0 aliphatic heterocycles. The Labute approximate surface area is 112 Å². The predicted octanol–water partition coefficient (Wildman–Crippen LogP) is 3.72. The van der Waals surface area contributed by atoms with Crippen molar-refractivity contribution in [2.24, 2.45) is 0 Å². The first-order valence-electron chi connectivity index (χ1n) is 6.22. The van der Waals surface area contributed by atoms with Crippen LogP contribution < -0.4 is 10.1 Å². The van der Waals surface area contributed by atoms with Crippen molar-refractivity contribution in [3.05, 3.63) is 40.2 Å². The maximum atomic E-state index is 5.53. The summed E-state index contributed by atoms with van der Waals surface area (Å²) < 4.78 is 5.53. The molecule has 0 fully saturated rings. The molecular formula is C14H18N2OS. The summed E-state index contributed by atoms with van der Waals surface area (Å²) in [4.78, 5) is 7.04. The van der Waals surface area contributed by atoms with Crippen LogP contribution in [0.5, 0.6) is 5.75 Å². The Morgan fingerprint density at radius 1 is 1.22 bits per heavy atom. The SMILES string of the molecule is CCOc1cccnc1NCc1ccc(CC)s1. The van der Waals surface area contributed by atoms with Gasteiger partial charge in [0.15, 0.2) is 11.6 Å². The van der Waals surface area contributed by atoms with E-state index in [1.54, 1.807) is 6.20 Å². The number of aryl methyl sites for hydroxylation is 1. The average molecular weight is 262 g/mol. The van der Waals surface area contributed by atoms with Gasteiger partial charge in [-0.05, 0) is 37.6 Å². The molecule has 0 aliphatic carbocycles. The second-order valence-electron chi connectivity index (χ2n) is 3.86. The minimum Gasteiger partial charge on any atom is -0.490 e. The molecule has 1 N–H and O–H groups in total. The highest BCUT2D eigenvalue weighted by molar-refractivity contribution is 7.12. The molecule has 0 atom stereocenters. The molecule has 0 unspecified atom stereocenters. The maximum Gasteiger partial charge on any atom is 0.169 e. The fourth-order valence-corrected chi connectivity index (χ4v) is 2.57. The predicted molar refractivity (Wildman–Crippen MR) is 76.4 cm³/mol. The second kappa shape index (κ2) is 6.40. The third-order valence-corrected chi connectivity index (χ3v) is 3.80. The zero-order chi connectivity index (χ0) is 12.8. The fraction of sp³-hybridized carbons (Fsp3) is 0.357.